The Bertz CT molecular complexity index is 85.9. The SMILES string of the molecule is CCCCCCCCC(Cl)CO. The van der Waals surface area contributed by atoms with Gasteiger partial charge in [0.2, 0.25) is 0 Å². The lowest BCUT2D eigenvalue weighted by Gasteiger charge is -2.04. The summed E-state index contributed by atoms with van der Waals surface area (Å²) in [5.74, 6) is 0. The summed E-state index contributed by atoms with van der Waals surface area (Å²) in [7, 11) is 0. The van der Waals surface area contributed by atoms with Crippen molar-refractivity contribution >= 4 is 11.6 Å². The lowest BCUT2D eigenvalue weighted by atomic mass is 10.1. The van der Waals surface area contributed by atoms with Crippen molar-refractivity contribution in [3.8, 4) is 0 Å². The van der Waals surface area contributed by atoms with Gasteiger partial charge in [-0.15, -0.1) is 11.6 Å². The van der Waals surface area contributed by atoms with Crippen molar-refractivity contribution in [2.75, 3.05) is 6.61 Å². The molecule has 12 heavy (non-hydrogen) atoms. The highest BCUT2D eigenvalue weighted by Gasteiger charge is 2.00. The van der Waals surface area contributed by atoms with Gasteiger partial charge in [-0.25, -0.2) is 0 Å². The molecule has 0 aliphatic carbocycles. The van der Waals surface area contributed by atoms with E-state index >= 15 is 0 Å². The molecule has 0 saturated carbocycles. The predicted molar refractivity (Wildman–Crippen MR) is 54.7 cm³/mol. The summed E-state index contributed by atoms with van der Waals surface area (Å²) < 4.78 is 0. The Morgan fingerprint density at radius 3 is 2.25 bits per heavy atom. The molecule has 1 nitrogen and oxygen atoms in total. The van der Waals surface area contributed by atoms with Crippen molar-refractivity contribution in [3.63, 3.8) is 0 Å². The highest BCUT2D eigenvalue weighted by molar-refractivity contribution is 6.20. The van der Waals surface area contributed by atoms with Crippen molar-refractivity contribution in [2.45, 2.75) is 57.2 Å². The molecule has 0 aliphatic rings. The molecule has 74 valence electrons. The number of rotatable bonds is 8. The van der Waals surface area contributed by atoms with Gasteiger partial charge < -0.3 is 5.11 Å². The molecule has 0 amide bonds. The number of unbranched alkanes of at least 4 members (excludes halogenated alkanes) is 5. The Kier molecular flexibility index (Phi) is 9.53. The van der Waals surface area contributed by atoms with Crippen LogP contribution >= 0.6 is 11.6 Å². The van der Waals surface area contributed by atoms with Crippen molar-refractivity contribution in [1.82, 2.24) is 0 Å². The maximum Gasteiger partial charge on any atom is 0.0595 e. The van der Waals surface area contributed by atoms with E-state index in [0.717, 1.165) is 6.42 Å². The van der Waals surface area contributed by atoms with Crippen molar-refractivity contribution in [1.29, 1.82) is 0 Å². The molecule has 0 aromatic heterocycles. The lowest BCUT2D eigenvalue weighted by molar-refractivity contribution is 0.286. The Morgan fingerprint density at radius 2 is 1.67 bits per heavy atom. The van der Waals surface area contributed by atoms with Crippen LogP contribution in [0.2, 0.25) is 0 Å². The van der Waals surface area contributed by atoms with Crippen molar-refractivity contribution in [3.05, 3.63) is 0 Å². The molecule has 0 aromatic rings. The topological polar surface area (TPSA) is 20.2 Å². The summed E-state index contributed by atoms with van der Waals surface area (Å²) in [6.45, 7) is 2.34. The Labute approximate surface area is 81.1 Å². The van der Waals surface area contributed by atoms with Crippen molar-refractivity contribution in [2.24, 2.45) is 0 Å². The van der Waals surface area contributed by atoms with Crippen LogP contribution in [0.3, 0.4) is 0 Å². The summed E-state index contributed by atoms with van der Waals surface area (Å²) >= 11 is 5.76. The molecule has 0 saturated heterocycles. The minimum Gasteiger partial charge on any atom is -0.395 e. The Morgan fingerprint density at radius 1 is 1.08 bits per heavy atom. The van der Waals surface area contributed by atoms with Gasteiger partial charge in [-0.05, 0) is 6.42 Å². The smallest absolute Gasteiger partial charge is 0.0595 e. The Hall–Kier alpha value is 0.250. The lowest BCUT2D eigenvalue weighted by Crippen LogP contribution is -2.03. The normalized spacial score (nSPS) is 13.2. The van der Waals surface area contributed by atoms with Gasteiger partial charge in [0.05, 0.1) is 12.0 Å². The summed E-state index contributed by atoms with van der Waals surface area (Å²) in [4.78, 5) is 0. The van der Waals surface area contributed by atoms with Crippen LogP contribution in [0.15, 0.2) is 0 Å². The molecular formula is C10H21ClO. The molecule has 0 heterocycles. The minimum atomic E-state index is -0.0174. The van der Waals surface area contributed by atoms with Crippen LogP contribution in [0.5, 0.6) is 0 Å². The number of aliphatic hydroxyl groups excluding tert-OH is 1. The van der Waals surface area contributed by atoms with Crippen LogP contribution in [0.4, 0.5) is 0 Å². The van der Waals surface area contributed by atoms with Crippen LogP contribution in [-0.4, -0.2) is 17.1 Å². The van der Waals surface area contributed by atoms with Gasteiger partial charge in [0, 0.05) is 0 Å². The summed E-state index contributed by atoms with van der Waals surface area (Å²) in [5, 5.41) is 8.63. The molecule has 0 bridgehead atoms. The number of alkyl halides is 1. The predicted octanol–water partition coefficient (Wildman–Crippen LogP) is 3.34. The monoisotopic (exact) mass is 192 g/mol. The van der Waals surface area contributed by atoms with Crippen LogP contribution in [-0.2, 0) is 0 Å². The van der Waals surface area contributed by atoms with Gasteiger partial charge in [0.25, 0.3) is 0 Å². The third-order valence-corrected chi connectivity index (χ3v) is 2.43. The second kappa shape index (κ2) is 9.34. The fourth-order valence-corrected chi connectivity index (χ4v) is 1.39. The molecule has 0 rings (SSSR count). The zero-order chi connectivity index (χ0) is 9.23. The van der Waals surface area contributed by atoms with Gasteiger partial charge in [-0.1, -0.05) is 45.4 Å². The first-order chi connectivity index (χ1) is 5.81. The van der Waals surface area contributed by atoms with Crippen LogP contribution < -0.4 is 0 Å². The van der Waals surface area contributed by atoms with Gasteiger partial charge >= 0.3 is 0 Å². The van der Waals surface area contributed by atoms with E-state index < -0.39 is 0 Å². The van der Waals surface area contributed by atoms with E-state index in [1.807, 2.05) is 0 Å². The number of hydrogen-bond acceptors (Lipinski definition) is 1. The average Bonchev–Trinajstić information content (AvgIpc) is 2.10. The maximum atomic E-state index is 8.64. The van der Waals surface area contributed by atoms with Crippen molar-refractivity contribution < 1.29 is 5.11 Å². The Balaban J connectivity index is 2.90. The maximum absolute atomic E-state index is 8.64. The van der Waals surface area contributed by atoms with E-state index in [9.17, 15) is 0 Å². The number of halogens is 1. The zero-order valence-corrected chi connectivity index (χ0v) is 8.82. The standard InChI is InChI=1S/C10H21ClO/c1-2-3-4-5-6-7-8-10(11)9-12/h10,12H,2-9H2,1H3. The van der Waals surface area contributed by atoms with E-state index in [-0.39, 0.29) is 12.0 Å². The summed E-state index contributed by atoms with van der Waals surface area (Å²) in [6.07, 6.45) is 8.72. The first-order valence-corrected chi connectivity index (χ1v) is 5.49. The van der Waals surface area contributed by atoms with E-state index in [0.29, 0.717) is 0 Å². The molecule has 0 spiro atoms. The highest BCUT2D eigenvalue weighted by atomic mass is 35.5. The molecule has 1 N–H and O–H groups in total. The van der Waals surface area contributed by atoms with Crippen LogP contribution in [0, 0.1) is 0 Å². The molecule has 2 heteroatoms. The minimum absolute atomic E-state index is 0.0174. The summed E-state index contributed by atoms with van der Waals surface area (Å²) in [6, 6.07) is 0. The second-order valence-electron chi connectivity index (χ2n) is 3.34. The molecular weight excluding hydrogens is 172 g/mol. The van der Waals surface area contributed by atoms with Crippen LogP contribution in [0.1, 0.15) is 51.9 Å². The number of hydrogen-bond donors (Lipinski definition) is 1. The highest BCUT2D eigenvalue weighted by Crippen LogP contribution is 2.10. The molecule has 0 aliphatic heterocycles. The van der Waals surface area contributed by atoms with Gasteiger partial charge in [-0.2, -0.15) is 0 Å². The zero-order valence-electron chi connectivity index (χ0n) is 8.06. The van der Waals surface area contributed by atoms with Gasteiger partial charge in [0.15, 0.2) is 0 Å². The number of aliphatic hydroxyl groups is 1. The molecule has 0 radical (unpaired) electrons. The van der Waals surface area contributed by atoms with E-state index in [4.69, 9.17) is 16.7 Å². The van der Waals surface area contributed by atoms with Gasteiger partial charge in [0.1, 0.15) is 0 Å². The van der Waals surface area contributed by atoms with E-state index in [1.54, 1.807) is 0 Å². The third kappa shape index (κ3) is 8.35. The van der Waals surface area contributed by atoms with Crippen LogP contribution in [0.25, 0.3) is 0 Å². The molecule has 0 fully saturated rings. The fourth-order valence-electron chi connectivity index (χ4n) is 1.24. The first kappa shape index (κ1) is 12.2. The quantitative estimate of drug-likeness (QED) is 0.462. The molecule has 0 aromatic carbocycles. The summed E-state index contributed by atoms with van der Waals surface area (Å²) in [5.41, 5.74) is 0. The largest absolute Gasteiger partial charge is 0.395 e. The third-order valence-electron chi connectivity index (χ3n) is 2.07. The molecule has 1 atom stereocenters. The van der Waals surface area contributed by atoms with E-state index in [1.165, 1.54) is 38.5 Å². The second-order valence-corrected chi connectivity index (χ2v) is 3.95. The molecule has 1 unspecified atom stereocenters. The fraction of sp³-hybridized carbons (Fsp3) is 1.00. The average molecular weight is 193 g/mol. The van der Waals surface area contributed by atoms with E-state index in [2.05, 4.69) is 6.92 Å². The first-order valence-electron chi connectivity index (χ1n) is 5.06. The van der Waals surface area contributed by atoms with Gasteiger partial charge in [-0.3, -0.25) is 0 Å².